The molecule has 0 saturated heterocycles. The Morgan fingerprint density at radius 1 is 0.857 bits per heavy atom. The number of halogens is 3. The SMILES string of the molecule is OC(CSC(F)(F)F)(Cc1ccccc1)c1ccccc1. The van der Waals surface area contributed by atoms with Gasteiger partial charge in [0.05, 0.1) is 0 Å². The van der Waals surface area contributed by atoms with Crippen LogP contribution in [0.1, 0.15) is 11.1 Å². The summed E-state index contributed by atoms with van der Waals surface area (Å²) < 4.78 is 37.5. The summed E-state index contributed by atoms with van der Waals surface area (Å²) in [6.45, 7) is 0. The molecule has 112 valence electrons. The zero-order valence-electron chi connectivity index (χ0n) is 11.2. The highest BCUT2D eigenvalue weighted by molar-refractivity contribution is 8.00. The lowest BCUT2D eigenvalue weighted by atomic mass is 9.89. The predicted molar refractivity (Wildman–Crippen MR) is 79.0 cm³/mol. The number of rotatable bonds is 5. The molecule has 5 heteroatoms. The summed E-state index contributed by atoms with van der Waals surface area (Å²) in [7, 11) is 0. The van der Waals surface area contributed by atoms with E-state index in [-0.39, 0.29) is 18.2 Å². The molecule has 0 fully saturated rings. The maximum absolute atomic E-state index is 12.5. The zero-order valence-corrected chi connectivity index (χ0v) is 12.0. The van der Waals surface area contributed by atoms with Gasteiger partial charge < -0.3 is 5.11 Å². The van der Waals surface area contributed by atoms with Crippen LogP contribution in [0.3, 0.4) is 0 Å². The molecule has 2 rings (SSSR count). The molecule has 1 atom stereocenters. The van der Waals surface area contributed by atoms with Crippen LogP contribution in [0, 0.1) is 0 Å². The molecule has 0 saturated carbocycles. The van der Waals surface area contributed by atoms with Gasteiger partial charge in [-0.15, -0.1) is 0 Å². The average molecular weight is 312 g/mol. The van der Waals surface area contributed by atoms with Crippen molar-refractivity contribution in [2.24, 2.45) is 0 Å². The van der Waals surface area contributed by atoms with Crippen LogP contribution in [0.25, 0.3) is 0 Å². The van der Waals surface area contributed by atoms with Crippen LogP contribution in [0.5, 0.6) is 0 Å². The van der Waals surface area contributed by atoms with Crippen molar-refractivity contribution in [1.29, 1.82) is 0 Å². The molecule has 0 aliphatic heterocycles. The molecule has 1 N–H and O–H groups in total. The minimum Gasteiger partial charge on any atom is -0.384 e. The summed E-state index contributed by atoms with van der Waals surface area (Å²) in [4.78, 5) is 0. The number of alkyl halides is 3. The van der Waals surface area contributed by atoms with Gasteiger partial charge in [0.15, 0.2) is 0 Å². The highest BCUT2D eigenvalue weighted by Crippen LogP contribution is 2.37. The van der Waals surface area contributed by atoms with Crippen molar-refractivity contribution in [1.82, 2.24) is 0 Å². The summed E-state index contributed by atoms with van der Waals surface area (Å²) in [5.74, 6) is -0.435. The van der Waals surface area contributed by atoms with Crippen molar-refractivity contribution in [2.75, 3.05) is 5.75 Å². The van der Waals surface area contributed by atoms with E-state index < -0.39 is 16.9 Å². The second-order valence-corrected chi connectivity index (χ2v) is 5.83. The molecule has 0 spiro atoms. The Labute approximate surface area is 125 Å². The molecule has 0 radical (unpaired) electrons. The molecule has 0 aliphatic carbocycles. The maximum Gasteiger partial charge on any atom is 0.441 e. The van der Waals surface area contributed by atoms with Gasteiger partial charge in [0.25, 0.3) is 0 Å². The van der Waals surface area contributed by atoms with E-state index in [0.717, 1.165) is 5.56 Å². The van der Waals surface area contributed by atoms with E-state index in [4.69, 9.17) is 0 Å². The molecule has 0 aliphatic rings. The van der Waals surface area contributed by atoms with E-state index in [1.165, 1.54) is 0 Å². The van der Waals surface area contributed by atoms with E-state index in [9.17, 15) is 18.3 Å². The van der Waals surface area contributed by atoms with Crippen LogP contribution >= 0.6 is 11.8 Å². The number of hydrogen-bond acceptors (Lipinski definition) is 2. The first kappa shape index (κ1) is 15.9. The van der Waals surface area contributed by atoms with Crippen LogP contribution < -0.4 is 0 Å². The van der Waals surface area contributed by atoms with Crippen LogP contribution in [0.15, 0.2) is 60.7 Å². The molecule has 21 heavy (non-hydrogen) atoms. The lowest BCUT2D eigenvalue weighted by molar-refractivity contribution is -0.0350. The Morgan fingerprint density at radius 3 is 1.90 bits per heavy atom. The smallest absolute Gasteiger partial charge is 0.384 e. The quantitative estimate of drug-likeness (QED) is 0.884. The number of thioether (sulfide) groups is 1. The Hall–Kier alpha value is -1.46. The number of aliphatic hydroxyl groups is 1. The molecule has 0 aromatic heterocycles. The van der Waals surface area contributed by atoms with Gasteiger partial charge in [0, 0.05) is 12.2 Å². The van der Waals surface area contributed by atoms with Gasteiger partial charge >= 0.3 is 5.51 Å². The molecule has 1 nitrogen and oxygen atoms in total. The third-order valence-electron chi connectivity index (χ3n) is 3.13. The molecule has 2 aromatic carbocycles. The highest BCUT2D eigenvalue weighted by atomic mass is 32.2. The van der Waals surface area contributed by atoms with Gasteiger partial charge in [0.2, 0.25) is 0 Å². The van der Waals surface area contributed by atoms with E-state index in [0.29, 0.717) is 5.56 Å². The molecule has 1 unspecified atom stereocenters. The normalized spacial score (nSPS) is 14.7. The lowest BCUT2D eigenvalue weighted by Gasteiger charge is -2.29. The molecule has 0 bridgehead atoms. The Balaban J connectivity index is 2.25. The largest absolute Gasteiger partial charge is 0.441 e. The van der Waals surface area contributed by atoms with Crippen molar-refractivity contribution in [3.05, 3.63) is 71.8 Å². The Kier molecular flexibility index (Phi) is 4.96. The second kappa shape index (κ2) is 6.54. The van der Waals surface area contributed by atoms with E-state index in [1.807, 2.05) is 6.07 Å². The minimum atomic E-state index is -4.36. The first-order chi connectivity index (χ1) is 9.89. The third-order valence-corrected chi connectivity index (χ3v) is 4.07. The molecular weight excluding hydrogens is 297 g/mol. The van der Waals surface area contributed by atoms with Crippen molar-refractivity contribution >= 4 is 11.8 Å². The fourth-order valence-electron chi connectivity index (χ4n) is 2.12. The summed E-state index contributed by atoms with van der Waals surface area (Å²) >= 11 is -0.195. The molecular formula is C16H15F3OS. The minimum absolute atomic E-state index is 0.140. The van der Waals surface area contributed by atoms with Gasteiger partial charge in [-0.3, -0.25) is 0 Å². The summed E-state index contributed by atoms with van der Waals surface area (Å²) in [6.07, 6.45) is 0.140. The standard InChI is InChI=1S/C16H15F3OS/c17-16(18,19)21-12-15(20,14-9-5-2-6-10-14)11-13-7-3-1-4-8-13/h1-10,20H,11-12H2. The number of benzene rings is 2. The summed E-state index contributed by atoms with van der Waals surface area (Å²) in [5, 5.41) is 10.8. The van der Waals surface area contributed by atoms with E-state index >= 15 is 0 Å². The fourth-order valence-corrected chi connectivity index (χ4v) is 2.79. The lowest BCUT2D eigenvalue weighted by Crippen LogP contribution is -2.32. The first-order valence-electron chi connectivity index (χ1n) is 6.42. The first-order valence-corrected chi connectivity index (χ1v) is 7.40. The Morgan fingerprint density at radius 2 is 1.38 bits per heavy atom. The van der Waals surface area contributed by atoms with Crippen molar-refractivity contribution in [3.63, 3.8) is 0 Å². The van der Waals surface area contributed by atoms with E-state index in [2.05, 4.69) is 0 Å². The van der Waals surface area contributed by atoms with Crippen molar-refractivity contribution < 1.29 is 18.3 Å². The third kappa shape index (κ3) is 4.79. The summed E-state index contributed by atoms with van der Waals surface area (Å²) in [6, 6.07) is 17.5. The van der Waals surface area contributed by atoms with Crippen LogP contribution in [-0.2, 0) is 12.0 Å². The summed E-state index contributed by atoms with van der Waals surface area (Å²) in [5.41, 5.74) is -4.63. The topological polar surface area (TPSA) is 20.2 Å². The predicted octanol–water partition coefficient (Wildman–Crippen LogP) is 4.37. The Bertz CT molecular complexity index is 557. The zero-order chi connectivity index (χ0) is 15.3. The van der Waals surface area contributed by atoms with Gasteiger partial charge in [-0.2, -0.15) is 13.2 Å². The van der Waals surface area contributed by atoms with Gasteiger partial charge in [-0.25, -0.2) is 0 Å². The van der Waals surface area contributed by atoms with Crippen LogP contribution in [-0.4, -0.2) is 16.4 Å². The maximum atomic E-state index is 12.5. The second-order valence-electron chi connectivity index (χ2n) is 4.79. The fraction of sp³-hybridized carbons (Fsp3) is 0.250. The molecule has 2 aromatic rings. The van der Waals surface area contributed by atoms with Crippen molar-refractivity contribution in [3.8, 4) is 0 Å². The van der Waals surface area contributed by atoms with Gasteiger partial charge in [-0.1, -0.05) is 60.7 Å². The van der Waals surface area contributed by atoms with Gasteiger partial charge in [0.1, 0.15) is 5.60 Å². The van der Waals surface area contributed by atoms with Crippen molar-refractivity contribution in [2.45, 2.75) is 17.5 Å². The number of hydrogen-bond donors (Lipinski definition) is 1. The monoisotopic (exact) mass is 312 g/mol. The van der Waals surface area contributed by atoms with Crippen LogP contribution in [0.2, 0.25) is 0 Å². The van der Waals surface area contributed by atoms with Gasteiger partial charge in [-0.05, 0) is 22.9 Å². The average Bonchev–Trinajstić information content (AvgIpc) is 2.47. The highest BCUT2D eigenvalue weighted by Gasteiger charge is 2.37. The molecule has 0 amide bonds. The van der Waals surface area contributed by atoms with Crippen LogP contribution in [0.4, 0.5) is 13.2 Å². The van der Waals surface area contributed by atoms with E-state index in [1.54, 1.807) is 54.6 Å². The molecule has 0 heterocycles.